The van der Waals surface area contributed by atoms with Crippen LogP contribution < -0.4 is 5.32 Å². The quantitative estimate of drug-likeness (QED) is 0.793. The largest absolute Gasteiger partial charge is 0.339 e. The maximum Gasteiger partial charge on any atom is 0.228 e. The second kappa shape index (κ2) is 8.03. The first-order chi connectivity index (χ1) is 9.31. The number of hydrogen-bond acceptors (Lipinski definition) is 5. The molecule has 0 bridgehead atoms. The Morgan fingerprint density at radius 3 is 2.55 bits per heavy atom. The molecule has 4 nitrogen and oxygen atoms in total. The van der Waals surface area contributed by atoms with Crippen LogP contribution in [-0.2, 0) is 12.2 Å². The lowest BCUT2D eigenvalue weighted by Crippen LogP contribution is -2.36. The third-order valence-electron chi connectivity index (χ3n) is 3.00. The van der Waals surface area contributed by atoms with E-state index in [4.69, 9.17) is 4.52 Å². The fourth-order valence-electron chi connectivity index (χ4n) is 1.77. The van der Waals surface area contributed by atoms with E-state index in [1.807, 2.05) is 11.8 Å². The van der Waals surface area contributed by atoms with Gasteiger partial charge in [0.2, 0.25) is 5.89 Å². The van der Waals surface area contributed by atoms with Gasteiger partial charge in [-0.2, -0.15) is 4.98 Å². The van der Waals surface area contributed by atoms with Crippen LogP contribution in [0.25, 0.3) is 0 Å². The van der Waals surface area contributed by atoms with Gasteiger partial charge in [-0.3, -0.25) is 0 Å². The Balaban J connectivity index is 2.53. The highest BCUT2D eigenvalue weighted by Gasteiger charge is 2.18. The van der Waals surface area contributed by atoms with Crippen LogP contribution in [0.3, 0.4) is 0 Å². The van der Waals surface area contributed by atoms with Crippen molar-refractivity contribution in [3.63, 3.8) is 0 Å². The molecule has 1 aromatic heterocycles. The van der Waals surface area contributed by atoms with E-state index in [0.29, 0.717) is 12.0 Å². The fourth-order valence-corrected chi connectivity index (χ4v) is 2.45. The minimum Gasteiger partial charge on any atom is -0.339 e. The normalized spacial score (nSPS) is 13.9. The van der Waals surface area contributed by atoms with E-state index in [0.717, 1.165) is 36.9 Å². The molecule has 5 heteroatoms. The molecule has 0 radical (unpaired) electrons. The molecule has 1 aromatic rings. The molecule has 0 aliphatic rings. The van der Waals surface area contributed by atoms with Crippen LogP contribution in [0.4, 0.5) is 0 Å². The first kappa shape index (κ1) is 17.5. The molecular weight excluding hydrogens is 270 g/mol. The zero-order valence-corrected chi connectivity index (χ0v) is 14.5. The molecule has 1 rings (SSSR count). The average Bonchev–Trinajstić information content (AvgIpc) is 2.78. The van der Waals surface area contributed by atoms with Crippen molar-refractivity contribution in [2.45, 2.75) is 70.9 Å². The number of thioether (sulfide) groups is 1. The van der Waals surface area contributed by atoms with Crippen LogP contribution in [-0.4, -0.2) is 27.5 Å². The van der Waals surface area contributed by atoms with Gasteiger partial charge in [-0.1, -0.05) is 46.7 Å². The van der Waals surface area contributed by atoms with Crippen LogP contribution in [0.1, 0.15) is 59.7 Å². The van der Waals surface area contributed by atoms with E-state index in [2.05, 4.69) is 57.0 Å². The van der Waals surface area contributed by atoms with Gasteiger partial charge in [0.25, 0.3) is 0 Å². The topological polar surface area (TPSA) is 51.0 Å². The Morgan fingerprint density at radius 1 is 1.30 bits per heavy atom. The van der Waals surface area contributed by atoms with Crippen molar-refractivity contribution in [1.82, 2.24) is 15.5 Å². The number of nitrogens with zero attached hydrogens (tertiary/aromatic N) is 2. The van der Waals surface area contributed by atoms with Gasteiger partial charge in [-0.15, -0.1) is 11.8 Å². The number of hydrogen-bond donors (Lipinski definition) is 1. The fraction of sp³-hybridized carbons (Fsp3) is 0.867. The summed E-state index contributed by atoms with van der Waals surface area (Å²) in [7, 11) is 0. The lowest BCUT2D eigenvalue weighted by atomic mass is 10.0. The molecule has 0 fully saturated rings. The maximum absolute atomic E-state index is 5.38. The minimum absolute atomic E-state index is 0.226. The van der Waals surface area contributed by atoms with E-state index in [9.17, 15) is 0 Å². The number of nitrogens with one attached hydrogen (secondary N) is 1. The number of rotatable bonds is 8. The summed E-state index contributed by atoms with van der Waals surface area (Å²) in [6.45, 7) is 14.2. The summed E-state index contributed by atoms with van der Waals surface area (Å²) < 4.78 is 5.60. The SMILES string of the molecule is CCCNC(Cc1nc(CSC(C)(C)C)no1)C(C)C. The van der Waals surface area contributed by atoms with Crippen molar-refractivity contribution in [2.75, 3.05) is 6.54 Å². The van der Waals surface area contributed by atoms with Gasteiger partial charge in [-0.25, -0.2) is 0 Å². The van der Waals surface area contributed by atoms with Crippen LogP contribution in [0.2, 0.25) is 0 Å². The van der Waals surface area contributed by atoms with Crippen LogP contribution in [0.5, 0.6) is 0 Å². The Morgan fingerprint density at radius 2 is 2.00 bits per heavy atom. The molecule has 1 atom stereocenters. The maximum atomic E-state index is 5.38. The molecular formula is C15H29N3OS. The van der Waals surface area contributed by atoms with Crippen LogP contribution >= 0.6 is 11.8 Å². The zero-order chi connectivity index (χ0) is 15.2. The molecule has 116 valence electrons. The molecule has 1 unspecified atom stereocenters. The monoisotopic (exact) mass is 299 g/mol. The van der Waals surface area contributed by atoms with Gasteiger partial charge in [-0.05, 0) is 18.9 Å². The third kappa shape index (κ3) is 6.75. The summed E-state index contributed by atoms with van der Waals surface area (Å²) in [6.07, 6.45) is 1.95. The molecule has 1 heterocycles. The molecule has 0 aromatic carbocycles. The highest BCUT2D eigenvalue weighted by molar-refractivity contribution is 7.99. The molecule has 0 saturated heterocycles. The van der Waals surface area contributed by atoms with Crippen molar-refractivity contribution in [3.05, 3.63) is 11.7 Å². The van der Waals surface area contributed by atoms with Gasteiger partial charge in [0.15, 0.2) is 5.82 Å². The molecule has 0 spiro atoms. The predicted molar refractivity (Wildman–Crippen MR) is 86.0 cm³/mol. The molecule has 0 aliphatic heterocycles. The molecule has 0 saturated carbocycles. The van der Waals surface area contributed by atoms with Gasteiger partial charge in [0.05, 0.1) is 5.75 Å². The van der Waals surface area contributed by atoms with Gasteiger partial charge < -0.3 is 9.84 Å². The molecule has 0 aliphatic carbocycles. The smallest absolute Gasteiger partial charge is 0.228 e. The van der Waals surface area contributed by atoms with Crippen molar-refractivity contribution in [1.29, 1.82) is 0 Å². The van der Waals surface area contributed by atoms with Crippen LogP contribution in [0, 0.1) is 5.92 Å². The second-order valence-electron chi connectivity index (χ2n) is 6.51. The average molecular weight is 299 g/mol. The summed E-state index contributed by atoms with van der Waals surface area (Å²) in [4.78, 5) is 4.50. The summed E-state index contributed by atoms with van der Waals surface area (Å²) in [5.74, 6) is 2.91. The Hall–Kier alpha value is -0.550. The molecule has 0 amide bonds. The van der Waals surface area contributed by atoms with Gasteiger partial charge >= 0.3 is 0 Å². The Bertz CT molecular complexity index is 385. The van der Waals surface area contributed by atoms with E-state index >= 15 is 0 Å². The van der Waals surface area contributed by atoms with Crippen molar-refractivity contribution in [3.8, 4) is 0 Å². The van der Waals surface area contributed by atoms with Crippen molar-refractivity contribution < 1.29 is 4.52 Å². The highest BCUT2D eigenvalue weighted by atomic mass is 32.2. The summed E-state index contributed by atoms with van der Waals surface area (Å²) in [5.41, 5.74) is 0. The van der Waals surface area contributed by atoms with Crippen LogP contribution in [0.15, 0.2) is 4.52 Å². The Labute approximate surface area is 127 Å². The third-order valence-corrected chi connectivity index (χ3v) is 4.27. The first-order valence-corrected chi connectivity index (χ1v) is 8.49. The lowest BCUT2D eigenvalue weighted by Gasteiger charge is -2.20. The lowest BCUT2D eigenvalue weighted by molar-refractivity contribution is 0.325. The summed E-state index contributed by atoms with van der Waals surface area (Å²) in [5, 5.41) is 7.63. The molecule has 20 heavy (non-hydrogen) atoms. The van der Waals surface area contributed by atoms with Gasteiger partial charge in [0, 0.05) is 17.2 Å². The van der Waals surface area contributed by atoms with E-state index in [1.165, 1.54) is 0 Å². The number of aromatic nitrogens is 2. The zero-order valence-electron chi connectivity index (χ0n) is 13.7. The van der Waals surface area contributed by atoms with E-state index < -0.39 is 0 Å². The van der Waals surface area contributed by atoms with Crippen molar-refractivity contribution >= 4 is 11.8 Å². The van der Waals surface area contributed by atoms with E-state index in [1.54, 1.807) is 0 Å². The molecule has 1 N–H and O–H groups in total. The van der Waals surface area contributed by atoms with Gasteiger partial charge in [0.1, 0.15) is 0 Å². The first-order valence-electron chi connectivity index (χ1n) is 7.50. The summed E-state index contributed by atoms with van der Waals surface area (Å²) >= 11 is 1.84. The standard InChI is InChI=1S/C15H29N3OS/c1-7-8-16-12(11(2)3)9-14-17-13(18-19-14)10-20-15(4,5)6/h11-12,16H,7-10H2,1-6H3. The predicted octanol–water partition coefficient (Wildman–Crippen LogP) is 3.67. The van der Waals surface area contributed by atoms with E-state index in [-0.39, 0.29) is 4.75 Å². The second-order valence-corrected chi connectivity index (χ2v) is 8.32. The Kier molecular flexibility index (Phi) is 7.03. The van der Waals surface area contributed by atoms with Crippen molar-refractivity contribution in [2.24, 2.45) is 5.92 Å². The summed E-state index contributed by atoms with van der Waals surface area (Å²) in [6, 6.07) is 0.401. The highest BCUT2D eigenvalue weighted by Crippen LogP contribution is 2.26. The minimum atomic E-state index is 0.226.